The Balaban J connectivity index is 2.28. The first-order valence-electron chi connectivity index (χ1n) is 28.1. The van der Waals surface area contributed by atoms with E-state index in [9.17, 15) is 33.6 Å². The first kappa shape index (κ1) is 67.5. The van der Waals surface area contributed by atoms with Crippen molar-refractivity contribution in [3.8, 4) is 0 Å². The van der Waals surface area contributed by atoms with Gasteiger partial charge in [-0.05, 0) is 146 Å². The Bertz CT molecular complexity index is 1930. The lowest BCUT2D eigenvalue weighted by Crippen LogP contribution is -2.56. The van der Waals surface area contributed by atoms with Gasteiger partial charge in [0.15, 0.2) is 0 Å². The van der Waals surface area contributed by atoms with Gasteiger partial charge in [-0.3, -0.25) is 33.6 Å². The number of hydrogen-bond donors (Lipinski definition) is 15. The summed E-state index contributed by atoms with van der Waals surface area (Å²) in [6.45, 7) is 2.78. The molecule has 23 N–H and O–H groups in total. The highest BCUT2D eigenvalue weighted by Gasteiger charge is 2.30. The van der Waals surface area contributed by atoms with Gasteiger partial charge in [-0.1, -0.05) is 86.3 Å². The molecule has 7 atom stereocenters. The van der Waals surface area contributed by atoms with Crippen LogP contribution < -0.4 is 83.1 Å². The minimum Gasteiger partial charge on any atom is -0.355 e. The number of nitrogens with two attached hydrogens (primary N) is 8. The molecule has 2 aromatic carbocycles. The van der Waals surface area contributed by atoms with Crippen LogP contribution in [0.3, 0.4) is 0 Å². The van der Waals surface area contributed by atoms with E-state index in [1.807, 2.05) is 60.7 Å². The number of benzene rings is 2. The molecule has 0 saturated heterocycles. The molecule has 0 saturated carbocycles. The van der Waals surface area contributed by atoms with Gasteiger partial charge >= 0.3 is 0 Å². The Morgan fingerprint density at radius 2 is 0.584 bits per heavy atom. The Morgan fingerprint density at radius 1 is 0.312 bits per heavy atom. The summed E-state index contributed by atoms with van der Waals surface area (Å²) in [5.74, 6) is -3.00. The fourth-order valence-corrected chi connectivity index (χ4v) is 8.53. The lowest BCUT2D eigenvalue weighted by molar-refractivity contribution is -0.133. The number of carbonyl (C=O) groups excluding carboxylic acids is 7. The Kier molecular flexibility index (Phi) is 36.4. The lowest BCUT2D eigenvalue weighted by atomic mass is 9.97. The molecule has 7 amide bonds. The van der Waals surface area contributed by atoms with Crippen LogP contribution in [0.1, 0.15) is 152 Å². The van der Waals surface area contributed by atoms with Gasteiger partial charge < -0.3 is 83.1 Å². The normalized spacial score (nSPS) is 14.0. The maximum atomic E-state index is 14.5. The molecule has 0 bridgehead atoms. The van der Waals surface area contributed by atoms with E-state index in [-0.39, 0.29) is 37.6 Å². The molecule has 22 heteroatoms. The molecule has 0 aromatic heterocycles. The molecular formula is C55H97N15O7. The van der Waals surface area contributed by atoms with Crippen LogP contribution in [0, 0.1) is 0 Å². The first-order valence-corrected chi connectivity index (χ1v) is 28.1. The third-order valence-electron chi connectivity index (χ3n) is 13.3. The highest BCUT2D eigenvalue weighted by atomic mass is 16.2. The topological polar surface area (TPSA) is 412 Å². The van der Waals surface area contributed by atoms with E-state index in [2.05, 4.69) is 37.2 Å². The molecule has 0 fully saturated rings. The number of unbranched alkanes of at least 4 members (excludes halogenated alkanes) is 7. The van der Waals surface area contributed by atoms with Crippen molar-refractivity contribution in [2.24, 2.45) is 45.9 Å². The zero-order chi connectivity index (χ0) is 56.6. The van der Waals surface area contributed by atoms with Crippen molar-refractivity contribution in [3.63, 3.8) is 0 Å². The number of rotatable bonds is 44. The smallest absolute Gasteiger partial charge is 0.243 e. The second kappa shape index (κ2) is 41.5. The molecule has 0 aliphatic rings. The minimum absolute atomic E-state index is 0.154. The highest BCUT2D eigenvalue weighted by molar-refractivity contribution is 5.93. The fourth-order valence-electron chi connectivity index (χ4n) is 8.53. The summed E-state index contributed by atoms with van der Waals surface area (Å²) >= 11 is 0. The molecule has 0 radical (unpaired) electrons. The van der Waals surface area contributed by atoms with Gasteiger partial charge in [0.1, 0.15) is 18.1 Å². The van der Waals surface area contributed by atoms with Crippen LogP contribution in [-0.4, -0.2) is 129 Å². The predicted octanol–water partition coefficient (Wildman–Crippen LogP) is 0.0313. The average molecular weight is 1080 g/mol. The van der Waals surface area contributed by atoms with Crippen molar-refractivity contribution in [1.29, 1.82) is 0 Å². The summed E-state index contributed by atoms with van der Waals surface area (Å²) in [5.41, 5.74) is 48.6. The Labute approximate surface area is 457 Å². The average Bonchev–Trinajstić information content (AvgIpc) is 3.43. The molecule has 0 aliphatic carbocycles. The SMILES string of the molecule is NCCCC[C@H](N)C(=O)NCCCC[C@H](NC(=O)[C@@H](N)CCCCN)C(=O)NCCCC[C@H](NC(=O)[C@H](CCCCNC(=O)[C@@H](N)CCCCN)NC(=O)[C@@H](N)CCCCN)C(=O)NC(c1ccccc1)c1ccccc1. The molecule has 2 aromatic rings. The molecule has 0 heterocycles. The first-order chi connectivity index (χ1) is 37.2. The van der Waals surface area contributed by atoms with E-state index in [4.69, 9.17) is 45.9 Å². The van der Waals surface area contributed by atoms with Crippen LogP contribution >= 0.6 is 0 Å². The van der Waals surface area contributed by atoms with Gasteiger partial charge in [0.05, 0.1) is 30.2 Å². The van der Waals surface area contributed by atoms with E-state index in [0.717, 1.165) is 36.8 Å². The van der Waals surface area contributed by atoms with E-state index in [1.54, 1.807) is 0 Å². The second-order valence-corrected chi connectivity index (χ2v) is 19.9. The van der Waals surface area contributed by atoms with Crippen LogP contribution in [0.5, 0.6) is 0 Å². The fraction of sp³-hybridized carbons (Fsp3) is 0.655. The molecule has 0 unspecified atom stereocenters. The maximum absolute atomic E-state index is 14.5. The standard InChI is InChI=1S/C55H97N15O7/c56-32-14-7-25-41(60)49(71)64-36-18-11-29-45(67-51(73)43(62)27-9-16-34-58)53(75)66-38-20-13-31-47(55(77)70-48(39-21-3-1-4-22-39)40-23-5-2-6-24-40)69-54(76)46(68-52(74)44(63)28-10-17-35-59)30-12-19-37-65-50(72)42(61)26-8-15-33-57/h1-6,21-24,41-48H,7-20,25-38,56-63H2,(H,64,71)(H,65,72)(H,66,75)(H,67,73)(H,68,74)(H,69,76)(H,70,77)/t41-,42-,43-,44-,45-,46-,47-/m0/s1. The van der Waals surface area contributed by atoms with Gasteiger partial charge in [0.2, 0.25) is 41.4 Å². The number of hydrogen-bond acceptors (Lipinski definition) is 15. The van der Waals surface area contributed by atoms with Crippen molar-refractivity contribution >= 4 is 41.4 Å². The number of amides is 7. The number of carbonyl (C=O) groups is 7. The van der Waals surface area contributed by atoms with Gasteiger partial charge in [-0.2, -0.15) is 0 Å². The van der Waals surface area contributed by atoms with Crippen LogP contribution in [0.25, 0.3) is 0 Å². The van der Waals surface area contributed by atoms with E-state index < -0.39 is 77.9 Å². The molecule has 22 nitrogen and oxygen atoms in total. The van der Waals surface area contributed by atoms with Crippen molar-refractivity contribution in [2.45, 2.75) is 183 Å². The quantitative estimate of drug-likeness (QED) is 0.0390. The van der Waals surface area contributed by atoms with Crippen molar-refractivity contribution in [2.75, 3.05) is 45.8 Å². The number of nitrogens with one attached hydrogen (secondary N) is 7. The summed E-state index contributed by atoms with van der Waals surface area (Å²) in [5, 5.41) is 20.4. The van der Waals surface area contributed by atoms with E-state index in [0.29, 0.717) is 129 Å². The second-order valence-electron chi connectivity index (χ2n) is 19.9. The molecule has 434 valence electrons. The van der Waals surface area contributed by atoms with E-state index in [1.165, 1.54) is 0 Å². The van der Waals surface area contributed by atoms with Crippen molar-refractivity contribution in [1.82, 2.24) is 37.2 Å². The summed E-state index contributed by atoms with van der Waals surface area (Å²) < 4.78 is 0. The van der Waals surface area contributed by atoms with E-state index >= 15 is 0 Å². The monoisotopic (exact) mass is 1080 g/mol. The Hall–Kier alpha value is -5.59. The van der Waals surface area contributed by atoms with Crippen molar-refractivity contribution < 1.29 is 33.6 Å². The Morgan fingerprint density at radius 3 is 0.922 bits per heavy atom. The summed E-state index contributed by atoms with van der Waals surface area (Å²) in [4.78, 5) is 94.4. The summed E-state index contributed by atoms with van der Waals surface area (Å²) in [7, 11) is 0. The third-order valence-corrected chi connectivity index (χ3v) is 13.3. The van der Waals surface area contributed by atoms with Gasteiger partial charge in [-0.15, -0.1) is 0 Å². The summed E-state index contributed by atoms with van der Waals surface area (Å²) in [6.07, 6.45) is 10.8. The van der Waals surface area contributed by atoms with Crippen LogP contribution in [-0.2, 0) is 33.6 Å². The largest absolute Gasteiger partial charge is 0.355 e. The molecule has 2 rings (SSSR count). The van der Waals surface area contributed by atoms with Crippen LogP contribution in [0.4, 0.5) is 0 Å². The molecule has 77 heavy (non-hydrogen) atoms. The van der Waals surface area contributed by atoms with Gasteiger partial charge in [-0.25, -0.2) is 0 Å². The molecular weight excluding hydrogens is 983 g/mol. The van der Waals surface area contributed by atoms with Crippen LogP contribution in [0.2, 0.25) is 0 Å². The highest BCUT2D eigenvalue weighted by Crippen LogP contribution is 2.22. The van der Waals surface area contributed by atoms with Crippen LogP contribution in [0.15, 0.2) is 60.7 Å². The minimum atomic E-state index is -1.08. The zero-order valence-corrected chi connectivity index (χ0v) is 45.7. The lowest BCUT2D eigenvalue weighted by Gasteiger charge is -2.27. The maximum Gasteiger partial charge on any atom is 0.243 e. The predicted molar refractivity (Wildman–Crippen MR) is 303 cm³/mol. The summed E-state index contributed by atoms with van der Waals surface area (Å²) in [6, 6.07) is 12.2. The zero-order valence-electron chi connectivity index (χ0n) is 45.7. The molecule has 0 aliphatic heterocycles. The molecule has 0 spiro atoms. The third kappa shape index (κ3) is 29.1. The van der Waals surface area contributed by atoms with Crippen molar-refractivity contribution in [3.05, 3.63) is 71.8 Å². The van der Waals surface area contributed by atoms with Gasteiger partial charge in [0, 0.05) is 19.6 Å². The van der Waals surface area contributed by atoms with Gasteiger partial charge in [0.25, 0.3) is 0 Å².